The summed E-state index contributed by atoms with van der Waals surface area (Å²) in [5.41, 5.74) is 1.77. The van der Waals surface area contributed by atoms with E-state index in [0.29, 0.717) is 15.9 Å². The maximum atomic E-state index is 12.6. The fourth-order valence-corrected chi connectivity index (χ4v) is 4.01. The highest BCUT2D eigenvalue weighted by molar-refractivity contribution is 9.10. The molecule has 0 radical (unpaired) electrons. The van der Waals surface area contributed by atoms with Crippen molar-refractivity contribution in [1.82, 2.24) is 4.90 Å². The third-order valence-electron chi connectivity index (χ3n) is 3.55. The van der Waals surface area contributed by atoms with E-state index < -0.39 is 0 Å². The maximum Gasteiger partial charge on any atom is 0.267 e. The second kappa shape index (κ2) is 8.03. The Labute approximate surface area is 164 Å². The third kappa shape index (κ3) is 4.23. The van der Waals surface area contributed by atoms with Crippen LogP contribution in [0.25, 0.3) is 6.08 Å². The average molecular weight is 435 g/mol. The molecule has 0 spiro atoms. The molecule has 1 amide bonds. The normalized spacial score (nSPS) is 15.8. The number of benzene rings is 2. The molecule has 0 aliphatic carbocycles. The molecule has 1 aliphatic heterocycles. The van der Waals surface area contributed by atoms with Gasteiger partial charge in [-0.3, -0.25) is 9.69 Å². The van der Waals surface area contributed by atoms with Crippen molar-refractivity contribution in [3.63, 3.8) is 0 Å². The first kappa shape index (κ1) is 18.0. The predicted molar refractivity (Wildman–Crippen MR) is 111 cm³/mol. The van der Waals surface area contributed by atoms with Gasteiger partial charge in [0.2, 0.25) is 0 Å². The first-order chi connectivity index (χ1) is 12.1. The van der Waals surface area contributed by atoms with Gasteiger partial charge in [-0.25, -0.2) is 0 Å². The Morgan fingerprint density at radius 2 is 2.08 bits per heavy atom. The van der Waals surface area contributed by atoms with E-state index in [9.17, 15) is 4.79 Å². The fourth-order valence-electron chi connectivity index (χ4n) is 2.34. The highest BCUT2D eigenvalue weighted by Crippen LogP contribution is 2.33. The van der Waals surface area contributed by atoms with Crippen molar-refractivity contribution in [2.24, 2.45) is 0 Å². The van der Waals surface area contributed by atoms with Gasteiger partial charge >= 0.3 is 0 Å². The minimum absolute atomic E-state index is 0.0997. The predicted octanol–water partition coefficient (Wildman–Crippen LogP) is 4.73. The first-order valence-corrected chi connectivity index (χ1v) is 9.48. The molecule has 1 aliphatic rings. The summed E-state index contributed by atoms with van der Waals surface area (Å²) >= 11 is 10.1. The van der Waals surface area contributed by atoms with Gasteiger partial charge in [-0.1, -0.05) is 64.2 Å². The number of methoxy groups -OCH3 is 1. The Kier molecular flexibility index (Phi) is 5.78. The molecule has 2 aromatic rings. The standard InChI is InChI=1S/C18H15BrN2O2S2/c1-23-15-8-3-2-7-14(15)20-11-21-17(22)16(25-18(21)24)10-12-5-4-6-13(19)9-12/h2-10,20H,11H2,1H3/b16-10+. The van der Waals surface area contributed by atoms with Gasteiger partial charge in [0.25, 0.3) is 5.91 Å². The van der Waals surface area contributed by atoms with Crippen molar-refractivity contribution >= 4 is 61.9 Å². The molecule has 0 aromatic heterocycles. The number of thiocarbonyl (C=S) groups is 1. The first-order valence-electron chi connectivity index (χ1n) is 7.46. The summed E-state index contributed by atoms with van der Waals surface area (Å²) in [5, 5.41) is 3.21. The van der Waals surface area contributed by atoms with Gasteiger partial charge in [0.1, 0.15) is 10.1 Å². The van der Waals surface area contributed by atoms with Crippen LogP contribution in [0.1, 0.15) is 5.56 Å². The lowest BCUT2D eigenvalue weighted by atomic mass is 10.2. The topological polar surface area (TPSA) is 41.6 Å². The number of para-hydroxylation sites is 2. The van der Waals surface area contributed by atoms with Crippen LogP contribution in [-0.2, 0) is 4.79 Å². The van der Waals surface area contributed by atoms with Crippen molar-refractivity contribution in [2.45, 2.75) is 0 Å². The summed E-state index contributed by atoms with van der Waals surface area (Å²) in [6, 6.07) is 15.3. The van der Waals surface area contributed by atoms with Crippen molar-refractivity contribution in [3.05, 3.63) is 63.5 Å². The number of hydrogen-bond acceptors (Lipinski definition) is 5. The molecular formula is C18H15BrN2O2S2. The van der Waals surface area contributed by atoms with Gasteiger partial charge in [0.15, 0.2) is 0 Å². The molecule has 1 N–H and O–H groups in total. The van der Waals surface area contributed by atoms with E-state index >= 15 is 0 Å². The summed E-state index contributed by atoms with van der Waals surface area (Å²) in [4.78, 5) is 14.8. The molecule has 1 saturated heterocycles. The number of carbonyl (C=O) groups excluding carboxylic acids is 1. The van der Waals surface area contributed by atoms with Gasteiger partial charge in [-0.05, 0) is 35.9 Å². The van der Waals surface area contributed by atoms with Crippen LogP contribution < -0.4 is 10.1 Å². The number of anilines is 1. The smallest absolute Gasteiger partial charge is 0.267 e. The number of ether oxygens (including phenoxy) is 1. The van der Waals surface area contributed by atoms with Gasteiger partial charge in [-0.2, -0.15) is 0 Å². The van der Waals surface area contributed by atoms with Gasteiger partial charge < -0.3 is 10.1 Å². The van der Waals surface area contributed by atoms with E-state index in [-0.39, 0.29) is 5.91 Å². The van der Waals surface area contributed by atoms with Crippen LogP contribution in [0.5, 0.6) is 5.75 Å². The van der Waals surface area contributed by atoms with E-state index in [4.69, 9.17) is 17.0 Å². The number of nitrogens with one attached hydrogen (secondary N) is 1. The van der Waals surface area contributed by atoms with Crippen LogP contribution >= 0.6 is 39.9 Å². The lowest BCUT2D eigenvalue weighted by Gasteiger charge is -2.17. The highest BCUT2D eigenvalue weighted by atomic mass is 79.9. The Hall–Kier alpha value is -1.83. The Bertz CT molecular complexity index is 854. The molecule has 1 heterocycles. The van der Waals surface area contributed by atoms with Gasteiger partial charge in [0, 0.05) is 4.47 Å². The number of amides is 1. The third-order valence-corrected chi connectivity index (χ3v) is 5.43. The molecule has 128 valence electrons. The summed E-state index contributed by atoms with van der Waals surface area (Å²) < 4.78 is 6.81. The van der Waals surface area contributed by atoms with Crippen LogP contribution in [0, 0.1) is 0 Å². The maximum absolute atomic E-state index is 12.6. The zero-order valence-electron chi connectivity index (χ0n) is 13.4. The van der Waals surface area contributed by atoms with Crippen molar-refractivity contribution < 1.29 is 9.53 Å². The molecule has 3 rings (SSSR count). The number of thioether (sulfide) groups is 1. The Balaban J connectivity index is 1.73. The molecule has 1 fully saturated rings. The number of rotatable bonds is 5. The van der Waals surface area contributed by atoms with E-state index in [0.717, 1.165) is 21.5 Å². The van der Waals surface area contributed by atoms with Crippen molar-refractivity contribution in [2.75, 3.05) is 19.1 Å². The van der Waals surface area contributed by atoms with E-state index in [1.54, 1.807) is 12.0 Å². The summed E-state index contributed by atoms with van der Waals surface area (Å²) in [5.74, 6) is 0.620. The van der Waals surface area contributed by atoms with Crippen molar-refractivity contribution in [3.8, 4) is 5.75 Å². The van der Waals surface area contributed by atoms with Crippen LogP contribution in [0.15, 0.2) is 57.9 Å². The molecule has 0 unspecified atom stereocenters. The highest BCUT2D eigenvalue weighted by Gasteiger charge is 2.31. The van der Waals surface area contributed by atoms with E-state index in [2.05, 4.69) is 21.2 Å². The number of nitrogens with zero attached hydrogens (tertiary/aromatic N) is 1. The molecule has 0 atom stereocenters. The van der Waals surface area contributed by atoms with E-state index in [1.165, 1.54) is 11.8 Å². The van der Waals surface area contributed by atoms with Crippen LogP contribution in [-0.4, -0.2) is 28.9 Å². The molecular weight excluding hydrogens is 420 g/mol. The van der Waals surface area contributed by atoms with Crippen LogP contribution in [0.3, 0.4) is 0 Å². The number of hydrogen-bond donors (Lipinski definition) is 1. The zero-order valence-corrected chi connectivity index (χ0v) is 16.6. The van der Waals surface area contributed by atoms with Gasteiger partial charge in [0.05, 0.1) is 24.4 Å². The molecule has 7 heteroatoms. The lowest BCUT2D eigenvalue weighted by Crippen LogP contribution is -2.33. The number of halogens is 1. The molecule has 0 saturated carbocycles. The summed E-state index contributed by atoms with van der Waals surface area (Å²) in [6.45, 7) is 0.293. The van der Waals surface area contributed by atoms with Crippen LogP contribution in [0.4, 0.5) is 5.69 Å². The number of carbonyl (C=O) groups is 1. The van der Waals surface area contributed by atoms with Gasteiger partial charge in [-0.15, -0.1) is 0 Å². The zero-order chi connectivity index (χ0) is 17.8. The van der Waals surface area contributed by atoms with E-state index in [1.807, 2.05) is 54.6 Å². The Morgan fingerprint density at radius 1 is 1.28 bits per heavy atom. The lowest BCUT2D eigenvalue weighted by molar-refractivity contribution is -0.121. The molecule has 0 bridgehead atoms. The van der Waals surface area contributed by atoms with Crippen LogP contribution in [0.2, 0.25) is 0 Å². The molecule has 2 aromatic carbocycles. The monoisotopic (exact) mass is 434 g/mol. The quantitative estimate of drug-likeness (QED) is 0.544. The second-order valence-electron chi connectivity index (χ2n) is 5.20. The SMILES string of the molecule is COc1ccccc1NCN1C(=O)/C(=C\c2cccc(Br)c2)SC1=S. The largest absolute Gasteiger partial charge is 0.495 e. The van der Waals surface area contributed by atoms with Crippen molar-refractivity contribution in [1.29, 1.82) is 0 Å². The second-order valence-corrected chi connectivity index (χ2v) is 7.79. The Morgan fingerprint density at radius 3 is 2.84 bits per heavy atom. The molecule has 25 heavy (non-hydrogen) atoms. The minimum Gasteiger partial charge on any atom is -0.495 e. The summed E-state index contributed by atoms with van der Waals surface area (Å²) in [7, 11) is 1.61. The minimum atomic E-state index is -0.0997. The summed E-state index contributed by atoms with van der Waals surface area (Å²) in [6.07, 6.45) is 1.85. The average Bonchev–Trinajstić information content (AvgIpc) is 2.87. The fraction of sp³-hybridized carbons (Fsp3) is 0.111. The molecule has 4 nitrogen and oxygen atoms in total.